The number of hydrogen-bond acceptors (Lipinski definition) is 7. The number of nitro benzene ring substituents is 1. The van der Waals surface area contributed by atoms with Crippen molar-refractivity contribution in [2.24, 2.45) is 5.10 Å². The Balaban J connectivity index is 1.65. The highest BCUT2D eigenvalue weighted by Gasteiger charge is 2.04. The number of aryl methyl sites for hydroxylation is 1. The number of rotatable bonds is 7. The van der Waals surface area contributed by atoms with Crippen molar-refractivity contribution in [2.75, 3.05) is 10.7 Å². The molecule has 2 aromatic carbocycles. The fourth-order valence-electron chi connectivity index (χ4n) is 2.37. The highest BCUT2D eigenvalue weighted by atomic mass is 16.6. The number of benzene rings is 2. The van der Waals surface area contributed by atoms with E-state index >= 15 is 0 Å². The molecule has 0 saturated heterocycles. The van der Waals surface area contributed by atoms with E-state index in [-0.39, 0.29) is 5.69 Å². The Hall–Kier alpha value is -3.81. The van der Waals surface area contributed by atoms with E-state index < -0.39 is 4.92 Å². The van der Waals surface area contributed by atoms with Crippen LogP contribution in [0.25, 0.3) is 0 Å². The van der Waals surface area contributed by atoms with Crippen LogP contribution in [-0.2, 0) is 6.54 Å². The Kier molecular flexibility index (Phi) is 5.68. The Morgan fingerprint density at radius 2 is 1.93 bits per heavy atom. The van der Waals surface area contributed by atoms with Crippen molar-refractivity contribution in [1.82, 2.24) is 9.97 Å². The number of nitrogens with one attached hydrogen (secondary N) is 2. The van der Waals surface area contributed by atoms with E-state index in [2.05, 4.69) is 25.8 Å². The largest absolute Gasteiger partial charge is 0.350 e. The summed E-state index contributed by atoms with van der Waals surface area (Å²) >= 11 is 0. The van der Waals surface area contributed by atoms with Gasteiger partial charge in [-0.2, -0.15) is 10.1 Å². The van der Waals surface area contributed by atoms with E-state index in [4.69, 9.17) is 0 Å². The summed E-state index contributed by atoms with van der Waals surface area (Å²) in [6.45, 7) is 2.48. The third kappa shape index (κ3) is 5.33. The molecule has 8 heteroatoms. The third-order valence-corrected chi connectivity index (χ3v) is 3.62. The molecule has 0 aliphatic carbocycles. The summed E-state index contributed by atoms with van der Waals surface area (Å²) in [6, 6.07) is 17.9. The van der Waals surface area contributed by atoms with Crippen molar-refractivity contribution in [3.8, 4) is 0 Å². The van der Waals surface area contributed by atoms with E-state index in [1.54, 1.807) is 18.2 Å². The average molecular weight is 362 g/mol. The van der Waals surface area contributed by atoms with Crippen LogP contribution in [0, 0.1) is 17.0 Å². The van der Waals surface area contributed by atoms with Gasteiger partial charge in [0.25, 0.3) is 5.69 Å². The molecule has 136 valence electrons. The normalized spacial score (nSPS) is 10.7. The molecule has 0 aliphatic rings. The second-order valence-electron chi connectivity index (χ2n) is 5.78. The van der Waals surface area contributed by atoms with E-state index in [0.717, 1.165) is 11.3 Å². The number of hydrazone groups is 1. The van der Waals surface area contributed by atoms with Crippen LogP contribution in [0.2, 0.25) is 0 Å². The Bertz CT molecular complexity index is 959. The van der Waals surface area contributed by atoms with Gasteiger partial charge in [0.05, 0.1) is 11.1 Å². The van der Waals surface area contributed by atoms with Crippen molar-refractivity contribution in [3.05, 3.63) is 87.6 Å². The first kappa shape index (κ1) is 18.0. The van der Waals surface area contributed by atoms with Gasteiger partial charge in [0.15, 0.2) is 5.82 Å². The third-order valence-electron chi connectivity index (χ3n) is 3.62. The van der Waals surface area contributed by atoms with Gasteiger partial charge >= 0.3 is 0 Å². The monoisotopic (exact) mass is 362 g/mol. The lowest BCUT2D eigenvalue weighted by atomic mass is 10.2. The molecule has 1 aromatic heterocycles. The zero-order valence-electron chi connectivity index (χ0n) is 14.7. The molecule has 0 amide bonds. The highest BCUT2D eigenvalue weighted by molar-refractivity contribution is 5.81. The zero-order valence-corrected chi connectivity index (χ0v) is 14.7. The Morgan fingerprint density at radius 1 is 1.11 bits per heavy atom. The highest BCUT2D eigenvalue weighted by Crippen LogP contribution is 2.13. The molecule has 2 N–H and O–H groups in total. The van der Waals surface area contributed by atoms with Crippen LogP contribution in [0.15, 0.2) is 65.8 Å². The van der Waals surface area contributed by atoms with Crippen LogP contribution in [-0.4, -0.2) is 21.1 Å². The van der Waals surface area contributed by atoms with Gasteiger partial charge < -0.3 is 5.32 Å². The molecule has 1 heterocycles. The Morgan fingerprint density at radius 3 is 2.70 bits per heavy atom. The lowest BCUT2D eigenvalue weighted by Crippen LogP contribution is -2.06. The molecule has 0 bridgehead atoms. The molecule has 27 heavy (non-hydrogen) atoms. The summed E-state index contributed by atoms with van der Waals surface area (Å²) < 4.78 is 0. The summed E-state index contributed by atoms with van der Waals surface area (Å²) in [7, 11) is 0. The first-order valence-electron chi connectivity index (χ1n) is 8.27. The van der Waals surface area contributed by atoms with E-state index in [0.29, 0.717) is 23.9 Å². The minimum Gasteiger partial charge on any atom is -0.350 e. The lowest BCUT2D eigenvalue weighted by molar-refractivity contribution is -0.384. The summed E-state index contributed by atoms with van der Waals surface area (Å²) in [5.41, 5.74) is 5.37. The van der Waals surface area contributed by atoms with Crippen LogP contribution in [0.4, 0.5) is 17.5 Å². The molecule has 0 atom stereocenters. The summed E-state index contributed by atoms with van der Waals surface area (Å²) in [4.78, 5) is 19.1. The number of anilines is 2. The van der Waals surface area contributed by atoms with E-state index in [1.807, 2.05) is 37.3 Å². The van der Waals surface area contributed by atoms with Gasteiger partial charge in [-0.3, -0.25) is 15.5 Å². The molecule has 0 unspecified atom stereocenters. The second-order valence-corrected chi connectivity index (χ2v) is 5.78. The van der Waals surface area contributed by atoms with Crippen LogP contribution in [0.5, 0.6) is 0 Å². The van der Waals surface area contributed by atoms with Gasteiger partial charge in [0.1, 0.15) is 0 Å². The summed E-state index contributed by atoms with van der Waals surface area (Å²) in [6.07, 6.45) is 1.50. The molecule has 0 fully saturated rings. The first-order valence-corrected chi connectivity index (χ1v) is 8.27. The van der Waals surface area contributed by atoms with Gasteiger partial charge in [-0.05, 0) is 12.5 Å². The molecule has 3 aromatic rings. The second kappa shape index (κ2) is 8.52. The maximum atomic E-state index is 10.8. The SMILES string of the molecule is Cc1cc(N/N=C\c2cccc([N+](=O)[O-])c2)nc(NCc2ccccc2)n1. The minimum atomic E-state index is -0.441. The molecule has 0 saturated carbocycles. The van der Waals surface area contributed by atoms with Gasteiger partial charge in [-0.15, -0.1) is 0 Å². The fraction of sp³-hybridized carbons (Fsp3) is 0.105. The Labute approximate surface area is 156 Å². The van der Waals surface area contributed by atoms with Crippen LogP contribution < -0.4 is 10.7 Å². The number of aromatic nitrogens is 2. The minimum absolute atomic E-state index is 0.0178. The molecular formula is C19H18N6O2. The number of non-ortho nitro benzene ring substituents is 1. The predicted molar refractivity (Wildman–Crippen MR) is 105 cm³/mol. The zero-order chi connectivity index (χ0) is 19.1. The van der Waals surface area contributed by atoms with Crippen molar-refractivity contribution in [2.45, 2.75) is 13.5 Å². The number of hydrogen-bond donors (Lipinski definition) is 2. The average Bonchev–Trinajstić information content (AvgIpc) is 2.67. The van der Waals surface area contributed by atoms with Gasteiger partial charge in [0, 0.05) is 36.0 Å². The first-order chi connectivity index (χ1) is 13.1. The van der Waals surface area contributed by atoms with E-state index in [9.17, 15) is 10.1 Å². The molecule has 0 radical (unpaired) electrons. The molecule has 0 aliphatic heterocycles. The van der Waals surface area contributed by atoms with Gasteiger partial charge in [-0.1, -0.05) is 42.5 Å². The lowest BCUT2D eigenvalue weighted by Gasteiger charge is -2.08. The molecule has 3 rings (SSSR count). The maximum absolute atomic E-state index is 10.8. The van der Waals surface area contributed by atoms with Crippen LogP contribution >= 0.6 is 0 Å². The van der Waals surface area contributed by atoms with Crippen molar-refractivity contribution in [1.29, 1.82) is 0 Å². The van der Waals surface area contributed by atoms with Crippen molar-refractivity contribution >= 4 is 23.7 Å². The molecule has 0 spiro atoms. The van der Waals surface area contributed by atoms with Crippen molar-refractivity contribution in [3.63, 3.8) is 0 Å². The molecular weight excluding hydrogens is 344 g/mol. The van der Waals surface area contributed by atoms with Crippen LogP contribution in [0.3, 0.4) is 0 Å². The van der Waals surface area contributed by atoms with Gasteiger partial charge in [-0.25, -0.2) is 4.98 Å². The predicted octanol–water partition coefficient (Wildman–Crippen LogP) is 3.75. The summed E-state index contributed by atoms with van der Waals surface area (Å²) in [5.74, 6) is 1.02. The smallest absolute Gasteiger partial charge is 0.270 e. The topological polar surface area (TPSA) is 105 Å². The summed E-state index contributed by atoms with van der Waals surface area (Å²) in [5, 5.41) is 18.1. The number of nitro groups is 1. The van der Waals surface area contributed by atoms with E-state index in [1.165, 1.54) is 18.3 Å². The van der Waals surface area contributed by atoms with Crippen molar-refractivity contribution < 1.29 is 4.92 Å². The van der Waals surface area contributed by atoms with Crippen LogP contribution in [0.1, 0.15) is 16.8 Å². The number of nitrogens with zero attached hydrogens (tertiary/aromatic N) is 4. The standard InChI is InChI=1S/C19H18N6O2/c1-14-10-18(23-19(22-14)20-12-15-6-3-2-4-7-15)24-21-13-16-8-5-9-17(11-16)25(26)27/h2-11,13H,12H2,1H3,(H2,20,22,23,24)/b21-13-. The molecule has 8 nitrogen and oxygen atoms in total. The quantitative estimate of drug-likeness (QED) is 0.377. The maximum Gasteiger partial charge on any atom is 0.270 e. The fourth-order valence-corrected chi connectivity index (χ4v) is 2.37. The van der Waals surface area contributed by atoms with Gasteiger partial charge in [0.2, 0.25) is 5.95 Å².